The van der Waals surface area contributed by atoms with Crippen LogP contribution < -0.4 is 14.8 Å². The van der Waals surface area contributed by atoms with E-state index in [0.717, 1.165) is 25.0 Å². The predicted molar refractivity (Wildman–Crippen MR) is 126 cm³/mol. The van der Waals surface area contributed by atoms with E-state index in [0.29, 0.717) is 17.4 Å². The molecule has 1 saturated carbocycles. The molecule has 2 atom stereocenters. The summed E-state index contributed by atoms with van der Waals surface area (Å²) in [6.07, 6.45) is 0.101. The van der Waals surface area contributed by atoms with Crippen molar-refractivity contribution in [2.45, 2.75) is 30.1 Å². The first-order valence-electron chi connectivity index (χ1n) is 10.9. The summed E-state index contributed by atoms with van der Waals surface area (Å²) in [4.78, 5) is -0.670. The van der Waals surface area contributed by atoms with E-state index < -0.39 is 44.2 Å². The summed E-state index contributed by atoms with van der Waals surface area (Å²) in [5.41, 5.74) is -0.242. The zero-order valence-electron chi connectivity index (χ0n) is 18.1. The van der Waals surface area contributed by atoms with E-state index in [-0.39, 0.29) is 34.7 Å². The Kier molecular flexibility index (Phi) is 6.08. The van der Waals surface area contributed by atoms with Gasteiger partial charge in [0.25, 0.3) is 10.0 Å². The van der Waals surface area contributed by atoms with Crippen molar-refractivity contribution in [1.82, 2.24) is 5.32 Å². The molecule has 0 spiro atoms. The molecule has 35 heavy (non-hydrogen) atoms. The van der Waals surface area contributed by atoms with Gasteiger partial charge in [0.1, 0.15) is 34.6 Å². The van der Waals surface area contributed by atoms with Gasteiger partial charge in [-0.15, -0.1) is 0 Å². The molecule has 0 radical (unpaired) electrons. The first-order valence-corrected chi connectivity index (χ1v) is 12.7. The predicted octanol–water partition coefficient (Wildman–Crippen LogP) is 4.54. The average Bonchev–Trinajstić information content (AvgIpc) is 3.65. The summed E-state index contributed by atoms with van der Waals surface area (Å²) in [5.74, 6) is -2.30. The molecule has 11 heteroatoms. The van der Waals surface area contributed by atoms with Crippen molar-refractivity contribution < 1.29 is 32.1 Å². The lowest BCUT2D eigenvalue weighted by Crippen LogP contribution is -2.35. The smallest absolute Gasteiger partial charge is 0.265 e. The van der Waals surface area contributed by atoms with Gasteiger partial charge < -0.3 is 14.9 Å². The molecule has 2 unspecified atom stereocenters. The summed E-state index contributed by atoms with van der Waals surface area (Å²) in [7, 11) is -4.60. The highest BCUT2D eigenvalue weighted by atomic mass is 35.5. The summed E-state index contributed by atoms with van der Waals surface area (Å²) in [6, 6.07) is 10.5. The van der Waals surface area contributed by atoms with Crippen molar-refractivity contribution in [1.29, 1.82) is 0 Å². The van der Waals surface area contributed by atoms with E-state index in [2.05, 4.69) is 10.0 Å². The fraction of sp³-hybridized carbons (Fsp3) is 0.250. The Labute approximate surface area is 205 Å². The van der Waals surface area contributed by atoms with E-state index in [1.807, 2.05) is 0 Å². The second kappa shape index (κ2) is 8.94. The lowest BCUT2D eigenvalue weighted by Gasteiger charge is -2.23. The van der Waals surface area contributed by atoms with Crippen LogP contribution in [0.1, 0.15) is 24.6 Å². The zero-order chi connectivity index (χ0) is 24.9. The van der Waals surface area contributed by atoms with Gasteiger partial charge in [-0.3, -0.25) is 10.0 Å². The van der Waals surface area contributed by atoms with Gasteiger partial charge in [-0.05, 0) is 48.6 Å². The third-order valence-corrected chi connectivity index (χ3v) is 7.74. The van der Waals surface area contributed by atoms with E-state index in [4.69, 9.17) is 16.3 Å². The van der Waals surface area contributed by atoms with Crippen LogP contribution >= 0.6 is 11.6 Å². The zero-order valence-corrected chi connectivity index (χ0v) is 19.7. The molecule has 0 amide bonds. The van der Waals surface area contributed by atoms with Crippen molar-refractivity contribution in [2.24, 2.45) is 5.92 Å². The Balaban J connectivity index is 1.71. The fourth-order valence-corrected chi connectivity index (χ4v) is 5.56. The SMILES string of the molecule is O=S1(=O)Nc2cc(c(F)cc2F)-c2ccccc2OC(C2CC2)CNC(O)c2cc(Cl)c(O)c1c2. The molecule has 1 fully saturated rings. The maximum absolute atomic E-state index is 14.9. The van der Waals surface area contributed by atoms with Crippen molar-refractivity contribution in [3.63, 3.8) is 0 Å². The van der Waals surface area contributed by atoms with Crippen LogP contribution in [0.5, 0.6) is 11.5 Å². The highest BCUT2D eigenvalue weighted by molar-refractivity contribution is 7.92. The quantitative estimate of drug-likeness (QED) is 0.374. The Morgan fingerprint density at radius 3 is 2.51 bits per heavy atom. The number of para-hydroxylation sites is 1. The molecule has 3 aromatic carbocycles. The third kappa shape index (κ3) is 4.66. The van der Waals surface area contributed by atoms with Crippen LogP contribution in [0.2, 0.25) is 5.02 Å². The van der Waals surface area contributed by atoms with Gasteiger partial charge >= 0.3 is 0 Å². The van der Waals surface area contributed by atoms with Gasteiger partial charge in [-0.1, -0.05) is 29.8 Å². The number of anilines is 1. The number of rotatable bonds is 1. The van der Waals surface area contributed by atoms with Crippen molar-refractivity contribution in [3.8, 4) is 22.6 Å². The van der Waals surface area contributed by atoms with E-state index >= 15 is 0 Å². The number of phenolic OH excluding ortho intramolecular Hbond substituents is 1. The highest BCUT2D eigenvalue weighted by Gasteiger charge is 2.34. The van der Waals surface area contributed by atoms with Crippen LogP contribution in [0, 0.1) is 17.6 Å². The van der Waals surface area contributed by atoms with Gasteiger partial charge in [0.2, 0.25) is 0 Å². The van der Waals surface area contributed by atoms with Gasteiger partial charge in [0, 0.05) is 23.7 Å². The number of aliphatic hydroxyl groups excluding tert-OH is 1. The van der Waals surface area contributed by atoms with Crippen LogP contribution in [-0.4, -0.2) is 31.3 Å². The molecule has 0 saturated heterocycles. The van der Waals surface area contributed by atoms with E-state index in [9.17, 15) is 27.4 Å². The number of ether oxygens (including phenoxy) is 1. The van der Waals surface area contributed by atoms with Crippen LogP contribution in [0.25, 0.3) is 11.1 Å². The number of aromatic hydroxyl groups is 1. The molecule has 1 aliphatic carbocycles. The monoisotopic (exact) mass is 522 g/mol. The minimum atomic E-state index is -4.60. The molecule has 0 aromatic heterocycles. The van der Waals surface area contributed by atoms with Crippen LogP contribution in [-0.2, 0) is 10.0 Å². The lowest BCUT2D eigenvalue weighted by molar-refractivity contribution is 0.104. The van der Waals surface area contributed by atoms with E-state index in [1.54, 1.807) is 24.3 Å². The van der Waals surface area contributed by atoms with E-state index in [1.165, 1.54) is 6.07 Å². The number of aliphatic hydroxyl groups is 1. The van der Waals surface area contributed by atoms with Crippen molar-refractivity contribution in [2.75, 3.05) is 11.3 Å². The molecule has 3 aromatic rings. The van der Waals surface area contributed by atoms with Crippen molar-refractivity contribution >= 4 is 27.3 Å². The Morgan fingerprint density at radius 1 is 1.03 bits per heavy atom. The molecule has 184 valence electrons. The molecule has 1 heterocycles. The molecule has 4 N–H and O–H groups in total. The number of benzene rings is 3. The minimum Gasteiger partial charge on any atom is -0.505 e. The Morgan fingerprint density at radius 2 is 1.77 bits per heavy atom. The molecular formula is C24H21ClF2N2O5S. The minimum absolute atomic E-state index is 0.0678. The van der Waals surface area contributed by atoms with Gasteiger partial charge in [0.15, 0.2) is 5.75 Å². The van der Waals surface area contributed by atoms with Crippen molar-refractivity contribution in [3.05, 3.63) is 70.8 Å². The summed E-state index contributed by atoms with van der Waals surface area (Å²) >= 11 is 6.04. The van der Waals surface area contributed by atoms with Crippen LogP contribution in [0.15, 0.2) is 53.4 Å². The normalized spacial score (nSPS) is 21.6. The topological polar surface area (TPSA) is 108 Å². The highest BCUT2D eigenvalue weighted by Crippen LogP contribution is 2.41. The Bertz CT molecular complexity index is 1420. The fourth-order valence-electron chi connectivity index (χ4n) is 4.06. The number of sulfonamides is 1. The number of hydrogen-bond acceptors (Lipinski definition) is 6. The molecule has 5 rings (SSSR count). The summed E-state index contributed by atoms with van der Waals surface area (Å²) < 4.78 is 64.1. The molecule has 7 nitrogen and oxygen atoms in total. The third-order valence-electron chi connectivity index (χ3n) is 6.07. The number of hydrogen-bond donors (Lipinski definition) is 4. The maximum atomic E-state index is 14.9. The standard InChI is InChI=1S/C24H21ClF2N2O5S/c25-16-7-13-8-22(23(16)30)35(32,33)29-19-9-15(17(26)10-18(19)27)14-3-1-2-4-20(14)34-21(12-5-6-12)11-28-24(13)31/h1-4,7-10,12,21,24,28-31H,5-6,11H2. The van der Waals surface area contributed by atoms with Crippen LogP contribution in [0.3, 0.4) is 0 Å². The van der Waals surface area contributed by atoms with Crippen LogP contribution in [0.4, 0.5) is 14.5 Å². The summed E-state index contributed by atoms with van der Waals surface area (Å²) in [6.45, 7) is 0.191. The van der Waals surface area contributed by atoms with Gasteiger partial charge in [0.05, 0.1) is 10.7 Å². The number of nitrogens with one attached hydrogen (secondary N) is 2. The average molecular weight is 523 g/mol. The Hall–Kier alpha value is -2.92. The largest absolute Gasteiger partial charge is 0.505 e. The maximum Gasteiger partial charge on any atom is 0.265 e. The first kappa shape index (κ1) is 23.8. The van der Waals surface area contributed by atoms with Gasteiger partial charge in [-0.25, -0.2) is 17.2 Å². The first-order chi connectivity index (χ1) is 16.6. The molecule has 4 bridgehead atoms. The molecule has 2 aliphatic rings. The molecule has 1 aliphatic heterocycles. The molecular weight excluding hydrogens is 502 g/mol. The number of halogens is 3. The van der Waals surface area contributed by atoms with Gasteiger partial charge in [-0.2, -0.15) is 0 Å². The number of fused-ring (bicyclic) bond motifs is 6. The lowest BCUT2D eigenvalue weighted by atomic mass is 10.0. The second-order valence-corrected chi connectivity index (χ2v) is 10.6. The summed E-state index contributed by atoms with van der Waals surface area (Å²) in [5, 5.41) is 23.6. The number of phenols is 1. The second-order valence-electron chi connectivity index (χ2n) is 8.57.